The van der Waals surface area contributed by atoms with Crippen LogP contribution in [0.5, 0.6) is 0 Å². The predicted octanol–water partition coefficient (Wildman–Crippen LogP) is 1.89. The summed E-state index contributed by atoms with van der Waals surface area (Å²) in [7, 11) is 2.12. The van der Waals surface area contributed by atoms with E-state index in [0.717, 1.165) is 30.7 Å². The topological polar surface area (TPSA) is 66.3 Å². The van der Waals surface area contributed by atoms with Crippen LogP contribution in [0.2, 0.25) is 5.02 Å². The summed E-state index contributed by atoms with van der Waals surface area (Å²) in [6.45, 7) is 6.61. The molecule has 2 aromatic rings. The first-order valence-electron chi connectivity index (χ1n) is 7.88. The van der Waals surface area contributed by atoms with Crippen molar-refractivity contribution in [3.05, 3.63) is 21.2 Å². The van der Waals surface area contributed by atoms with Crippen LogP contribution >= 0.6 is 34.5 Å². The molecule has 0 aliphatic carbocycles. The van der Waals surface area contributed by atoms with Crippen molar-refractivity contribution in [2.75, 3.05) is 36.9 Å². The first-order valence-corrected chi connectivity index (χ1v) is 9.22. The van der Waals surface area contributed by atoms with Gasteiger partial charge in [-0.3, -0.25) is 0 Å². The monoisotopic (exact) mass is 460 g/mol. The van der Waals surface area contributed by atoms with Gasteiger partial charge in [-0.25, -0.2) is 12.6 Å². The van der Waals surface area contributed by atoms with E-state index >= 15 is 0 Å². The fraction of sp³-hybridized carbons (Fsp3) is 0.533. The smallest absolute Gasteiger partial charge is 0.360 e. The number of aryl methyl sites for hydroxylation is 1. The van der Waals surface area contributed by atoms with Gasteiger partial charge in [-0.1, -0.05) is 11.6 Å². The summed E-state index contributed by atoms with van der Waals surface area (Å²) >= 11 is 8.49. The number of hydrogen-bond donors (Lipinski definition) is 1. The molecule has 2 aromatic heterocycles. The summed E-state index contributed by atoms with van der Waals surface area (Å²) in [6.07, 6.45) is 0. The SMILES string of the molecule is Cc1nc2c3c(nc(=O)n2I)N2C(C)CN(C)CC2CNc3c1Cl. The zero-order valence-electron chi connectivity index (χ0n) is 13.7. The molecule has 0 bridgehead atoms. The van der Waals surface area contributed by atoms with Gasteiger partial charge in [0.25, 0.3) is 0 Å². The molecule has 0 aromatic carbocycles. The second-order valence-corrected chi connectivity index (χ2v) is 7.94. The number of aromatic nitrogens is 3. The van der Waals surface area contributed by atoms with E-state index in [1.807, 2.05) is 29.8 Å². The predicted molar refractivity (Wildman–Crippen MR) is 105 cm³/mol. The average Bonchev–Trinajstić information content (AvgIpc) is 2.67. The Kier molecular flexibility index (Phi) is 3.88. The minimum Gasteiger partial charge on any atom is -0.381 e. The van der Waals surface area contributed by atoms with Crippen molar-refractivity contribution in [2.24, 2.45) is 0 Å². The highest BCUT2D eigenvalue weighted by molar-refractivity contribution is 14.1. The Hall–Kier alpha value is -1.13. The van der Waals surface area contributed by atoms with E-state index < -0.39 is 0 Å². The summed E-state index contributed by atoms with van der Waals surface area (Å²) in [5.74, 6) is 0.697. The Balaban J connectivity index is 2.08. The van der Waals surface area contributed by atoms with Crippen LogP contribution in [0.4, 0.5) is 11.5 Å². The molecule has 128 valence electrons. The molecule has 2 atom stereocenters. The number of fused-ring (bicyclic) bond motifs is 2. The zero-order chi connectivity index (χ0) is 17.2. The Morgan fingerprint density at radius 1 is 1.33 bits per heavy atom. The van der Waals surface area contributed by atoms with Crippen molar-refractivity contribution >= 4 is 57.0 Å². The molecule has 4 heterocycles. The molecule has 2 aliphatic heterocycles. The maximum atomic E-state index is 12.4. The number of nitrogens with zero attached hydrogens (tertiary/aromatic N) is 5. The molecular formula is C15H18ClIN6O. The van der Waals surface area contributed by atoms with Crippen molar-refractivity contribution in [1.82, 2.24) is 17.6 Å². The number of likely N-dealkylation sites (N-methyl/N-ethyl adjacent to an activating group) is 1. The Bertz CT molecular complexity index is 900. The van der Waals surface area contributed by atoms with E-state index in [1.54, 1.807) is 0 Å². The molecule has 1 fully saturated rings. The van der Waals surface area contributed by atoms with Crippen LogP contribution in [-0.4, -0.2) is 56.4 Å². The molecule has 0 saturated carbocycles. The van der Waals surface area contributed by atoms with Gasteiger partial charge in [-0.2, -0.15) is 4.98 Å². The van der Waals surface area contributed by atoms with Gasteiger partial charge in [-0.05, 0) is 20.9 Å². The van der Waals surface area contributed by atoms with Gasteiger partial charge in [0.15, 0.2) is 5.65 Å². The minimum absolute atomic E-state index is 0.225. The maximum absolute atomic E-state index is 12.4. The minimum atomic E-state index is -0.301. The normalized spacial score (nSPS) is 23.8. The maximum Gasteiger partial charge on any atom is 0.360 e. The van der Waals surface area contributed by atoms with Crippen molar-refractivity contribution in [2.45, 2.75) is 25.9 Å². The fourth-order valence-electron chi connectivity index (χ4n) is 3.84. The number of halogens is 2. The van der Waals surface area contributed by atoms with E-state index in [0.29, 0.717) is 22.2 Å². The third kappa shape index (κ3) is 2.30. The molecule has 1 saturated heterocycles. The highest BCUT2D eigenvalue weighted by Crippen LogP contribution is 2.40. The van der Waals surface area contributed by atoms with Crippen LogP contribution in [0.1, 0.15) is 12.6 Å². The lowest BCUT2D eigenvalue weighted by molar-refractivity contribution is 0.236. The number of nitrogens with one attached hydrogen (secondary N) is 1. The average molecular weight is 461 g/mol. The lowest BCUT2D eigenvalue weighted by atomic mass is 10.1. The third-order valence-electron chi connectivity index (χ3n) is 4.79. The van der Waals surface area contributed by atoms with Crippen LogP contribution in [0.3, 0.4) is 0 Å². The molecule has 24 heavy (non-hydrogen) atoms. The Morgan fingerprint density at radius 3 is 2.83 bits per heavy atom. The number of pyridine rings is 1. The third-order valence-corrected chi connectivity index (χ3v) is 6.12. The van der Waals surface area contributed by atoms with E-state index in [9.17, 15) is 4.79 Å². The lowest BCUT2D eigenvalue weighted by Gasteiger charge is -2.44. The highest BCUT2D eigenvalue weighted by atomic mass is 127. The van der Waals surface area contributed by atoms with Crippen molar-refractivity contribution < 1.29 is 0 Å². The van der Waals surface area contributed by atoms with Crippen molar-refractivity contribution in [3.63, 3.8) is 0 Å². The zero-order valence-corrected chi connectivity index (χ0v) is 16.6. The van der Waals surface area contributed by atoms with Gasteiger partial charge >= 0.3 is 5.69 Å². The molecule has 0 radical (unpaired) electrons. The van der Waals surface area contributed by atoms with Gasteiger partial charge in [0.1, 0.15) is 5.82 Å². The van der Waals surface area contributed by atoms with Crippen LogP contribution in [-0.2, 0) is 0 Å². The second kappa shape index (κ2) is 5.70. The molecule has 1 N–H and O–H groups in total. The molecule has 4 rings (SSSR count). The number of piperazine rings is 1. The summed E-state index contributed by atoms with van der Waals surface area (Å²) < 4.78 is 1.46. The Labute approximate surface area is 158 Å². The van der Waals surface area contributed by atoms with E-state index in [2.05, 4.69) is 39.1 Å². The summed E-state index contributed by atoms with van der Waals surface area (Å²) in [5.41, 5.74) is 1.85. The van der Waals surface area contributed by atoms with Crippen molar-refractivity contribution in [1.29, 1.82) is 0 Å². The van der Waals surface area contributed by atoms with E-state index in [1.165, 1.54) is 2.78 Å². The van der Waals surface area contributed by atoms with Gasteiger partial charge in [-0.15, -0.1) is 0 Å². The van der Waals surface area contributed by atoms with E-state index in [-0.39, 0.29) is 17.8 Å². The summed E-state index contributed by atoms with van der Waals surface area (Å²) in [5, 5.41) is 4.92. The quantitative estimate of drug-likeness (QED) is 0.606. The second-order valence-electron chi connectivity index (χ2n) is 6.60. The fourth-order valence-corrected chi connectivity index (χ4v) is 4.50. The molecule has 9 heteroatoms. The van der Waals surface area contributed by atoms with Gasteiger partial charge < -0.3 is 15.1 Å². The summed E-state index contributed by atoms with van der Waals surface area (Å²) in [6, 6.07) is 0.476. The summed E-state index contributed by atoms with van der Waals surface area (Å²) in [4.78, 5) is 25.9. The molecule has 0 spiro atoms. The highest BCUT2D eigenvalue weighted by Gasteiger charge is 2.36. The molecule has 2 unspecified atom stereocenters. The first-order chi connectivity index (χ1) is 11.4. The van der Waals surface area contributed by atoms with E-state index in [4.69, 9.17) is 11.6 Å². The van der Waals surface area contributed by atoms with Crippen molar-refractivity contribution in [3.8, 4) is 0 Å². The first kappa shape index (κ1) is 16.3. The largest absolute Gasteiger partial charge is 0.381 e. The number of rotatable bonds is 0. The van der Waals surface area contributed by atoms with Crippen LogP contribution in [0.25, 0.3) is 11.0 Å². The van der Waals surface area contributed by atoms with Gasteiger partial charge in [0, 0.05) is 25.7 Å². The number of hydrogen-bond acceptors (Lipinski definition) is 6. The Morgan fingerprint density at radius 2 is 2.08 bits per heavy atom. The van der Waals surface area contributed by atoms with Gasteiger partial charge in [0.2, 0.25) is 0 Å². The lowest BCUT2D eigenvalue weighted by Crippen LogP contribution is -2.59. The molecular weight excluding hydrogens is 443 g/mol. The standard InChI is InChI=1S/C15H18ClIN6O/c1-7-5-21(3)6-9-4-18-12-10-13(22(7)9)20-15(24)23(17)14(10)19-8(2)11(12)16/h7,9,18H,4-6H2,1-3H3. The molecule has 2 aliphatic rings. The van der Waals surface area contributed by atoms with Crippen LogP contribution in [0.15, 0.2) is 4.79 Å². The number of anilines is 2. The molecule has 0 amide bonds. The van der Waals surface area contributed by atoms with Gasteiger partial charge in [0.05, 0.1) is 50.7 Å². The van der Waals surface area contributed by atoms with Crippen LogP contribution in [0, 0.1) is 6.92 Å². The van der Waals surface area contributed by atoms with Crippen LogP contribution < -0.4 is 15.9 Å². The molecule has 7 nitrogen and oxygen atoms in total.